The van der Waals surface area contributed by atoms with Crippen molar-refractivity contribution in [3.63, 3.8) is 0 Å². The third-order valence-electron chi connectivity index (χ3n) is 2.66. The Kier molecular flexibility index (Phi) is 4.65. The molecule has 2 unspecified atom stereocenters. The average molecular weight is 237 g/mol. The Morgan fingerprint density at radius 2 is 1.65 bits per heavy atom. The van der Waals surface area contributed by atoms with Crippen molar-refractivity contribution in [1.82, 2.24) is 5.32 Å². The SMILES string of the molecule is C#CC(NC(C)c1cc(F)cc(F)c1)C(C)C. The Balaban J connectivity index is 2.82. The highest BCUT2D eigenvalue weighted by Gasteiger charge is 2.15. The third kappa shape index (κ3) is 3.83. The fourth-order valence-electron chi connectivity index (χ4n) is 1.62. The second-order valence-corrected chi connectivity index (χ2v) is 4.48. The average Bonchev–Trinajstić information content (AvgIpc) is 2.23. The van der Waals surface area contributed by atoms with E-state index in [1.807, 2.05) is 20.8 Å². The molecule has 0 bridgehead atoms. The molecule has 1 aromatic rings. The maximum absolute atomic E-state index is 13.1. The molecule has 0 radical (unpaired) electrons. The highest BCUT2D eigenvalue weighted by atomic mass is 19.1. The summed E-state index contributed by atoms with van der Waals surface area (Å²) in [5.74, 6) is 1.75. The maximum Gasteiger partial charge on any atom is 0.126 e. The number of hydrogen-bond donors (Lipinski definition) is 1. The molecule has 1 N–H and O–H groups in total. The molecule has 0 heterocycles. The molecule has 3 heteroatoms. The van der Waals surface area contributed by atoms with E-state index in [0.29, 0.717) is 5.56 Å². The van der Waals surface area contributed by atoms with Gasteiger partial charge in [-0.15, -0.1) is 6.42 Å². The molecule has 17 heavy (non-hydrogen) atoms. The summed E-state index contributed by atoms with van der Waals surface area (Å²) in [5.41, 5.74) is 0.559. The largest absolute Gasteiger partial charge is 0.297 e. The van der Waals surface area contributed by atoms with Crippen LogP contribution in [0.25, 0.3) is 0 Å². The van der Waals surface area contributed by atoms with Crippen LogP contribution in [0.1, 0.15) is 32.4 Å². The zero-order valence-electron chi connectivity index (χ0n) is 10.3. The van der Waals surface area contributed by atoms with Crippen molar-refractivity contribution in [3.8, 4) is 12.3 Å². The number of halogens is 2. The molecule has 0 aliphatic heterocycles. The molecule has 0 aliphatic carbocycles. The van der Waals surface area contributed by atoms with Crippen molar-refractivity contribution in [2.24, 2.45) is 5.92 Å². The van der Waals surface area contributed by atoms with Crippen LogP contribution < -0.4 is 5.32 Å². The van der Waals surface area contributed by atoms with Crippen LogP contribution in [0, 0.1) is 29.9 Å². The first kappa shape index (κ1) is 13.7. The summed E-state index contributed by atoms with van der Waals surface area (Å²) < 4.78 is 26.1. The standard InChI is InChI=1S/C14H17F2N/c1-5-14(9(2)3)17-10(4)11-6-12(15)8-13(16)7-11/h1,6-10,14,17H,2-4H3. The predicted molar refractivity (Wildman–Crippen MR) is 65.4 cm³/mol. The summed E-state index contributed by atoms with van der Waals surface area (Å²) in [7, 11) is 0. The topological polar surface area (TPSA) is 12.0 Å². The molecule has 0 saturated carbocycles. The van der Waals surface area contributed by atoms with Gasteiger partial charge in [0.1, 0.15) is 11.6 Å². The van der Waals surface area contributed by atoms with E-state index in [0.717, 1.165) is 6.07 Å². The van der Waals surface area contributed by atoms with Crippen molar-refractivity contribution < 1.29 is 8.78 Å². The van der Waals surface area contributed by atoms with Gasteiger partial charge in [-0.05, 0) is 30.5 Å². The van der Waals surface area contributed by atoms with Crippen LogP contribution in [0.15, 0.2) is 18.2 Å². The zero-order valence-corrected chi connectivity index (χ0v) is 10.3. The van der Waals surface area contributed by atoms with Gasteiger partial charge >= 0.3 is 0 Å². The van der Waals surface area contributed by atoms with Crippen molar-refractivity contribution in [2.45, 2.75) is 32.9 Å². The summed E-state index contributed by atoms with van der Waals surface area (Å²) in [6, 6.07) is 3.18. The lowest BCUT2D eigenvalue weighted by atomic mass is 10.0. The van der Waals surface area contributed by atoms with Gasteiger partial charge in [0.2, 0.25) is 0 Å². The number of terminal acetylenes is 1. The first-order valence-corrected chi connectivity index (χ1v) is 5.62. The van der Waals surface area contributed by atoms with Gasteiger partial charge in [0.25, 0.3) is 0 Å². The minimum Gasteiger partial charge on any atom is -0.297 e. The van der Waals surface area contributed by atoms with Gasteiger partial charge in [-0.1, -0.05) is 19.8 Å². The number of hydrogen-bond acceptors (Lipinski definition) is 1. The molecule has 92 valence electrons. The Bertz CT molecular complexity index is 400. The van der Waals surface area contributed by atoms with E-state index < -0.39 is 11.6 Å². The van der Waals surface area contributed by atoms with Crippen molar-refractivity contribution in [2.75, 3.05) is 0 Å². The van der Waals surface area contributed by atoms with E-state index in [2.05, 4.69) is 11.2 Å². The van der Waals surface area contributed by atoms with Gasteiger partial charge in [0.15, 0.2) is 0 Å². The molecule has 1 rings (SSSR count). The minimum absolute atomic E-state index is 0.115. The van der Waals surface area contributed by atoms with Crippen LogP contribution >= 0.6 is 0 Å². The first-order chi connectivity index (χ1) is 7.93. The lowest BCUT2D eigenvalue weighted by Gasteiger charge is -2.22. The van der Waals surface area contributed by atoms with Crippen molar-refractivity contribution in [1.29, 1.82) is 0 Å². The smallest absolute Gasteiger partial charge is 0.126 e. The normalized spacial score (nSPS) is 14.4. The summed E-state index contributed by atoms with van der Waals surface area (Å²) in [4.78, 5) is 0. The molecule has 0 aromatic heterocycles. The fourth-order valence-corrected chi connectivity index (χ4v) is 1.62. The predicted octanol–water partition coefficient (Wildman–Crippen LogP) is 3.27. The Hall–Kier alpha value is -1.40. The zero-order chi connectivity index (χ0) is 13.0. The summed E-state index contributed by atoms with van der Waals surface area (Å²) in [5, 5.41) is 3.17. The monoisotopic (exact) mass is 237 g/mol. The third-order valence-corrected chi connectivity index (χ3v) is 2.66. The summed E-state index contributed by atoms with van der Waals surface area (Å²) >= 11 is 0. The number of rotatable bonds is 4. The summed E-state index contributed by atoms with van der Waals surface area (Å²) in [6.07, 6.45) is 5.40. The van der Waals surface area contributed by atoms with Crippen LogP contribution in [0.5, 0.6) is 0 Å². The van der Waals surface area contributed by atoms with Gasteiger partial charge in [-0.25, -0.2) is 8.78 Å². The molecular formula is C14H17F2N. The van der Waals surface area contributed by atoms with Gasteiger partial charge in [0, 0.05) is 12.1 Å². The molecule has 0 spiro atoms. The first-order valence-electron chi connectivity index (χ1n) is 5.62. The van der Waals surface area contributed by atoms with Crippen LogP contribution in [-0.2, 0) is 0 Å². The second-order valence-electron chi connectivity index (χ2n) is 4.48. The van der Waals surface area contributed by atoms with E-state index in [4.69, 9.17) is 6.42 Å². The Morgan fingerprint density at radius 3 is 2.06 bits per heavy atom. The molecule has 1 nitrogen and oxygen atoms in total. The van der Waals surface area contributed by atoms with Crippen LogP contribution in [0.4, 0.5) is 8.78 Å². The van der Waals surface area contributed by atoms with E-state index in [1.54, 1.807) is 0 Å². The molecule has 0 fully saturated rings. The Labute approximate surface area is 101 Å². The molecule has 0 aliphatic rings. The Morgan fingerprint density at radius 1 is 1.12 bits per heavy atom. The van der Waals surface area contributed by atoms with E-state index >= 15 is 0 Å². The molecule has 2 atom stereocenters. The van der Waals surface area contributed by atoms with E-state index in [9.17, 15) is 8.78 Å². The fraction of sp³-hybridized carbons (Fsp3) is 0.429. The van der Waals surface area contributed by atoms with E-state index in [1.165, 1.54) is 12.1 Å². The van der Waals surface area contributed by atoms with Crippen LogP contribution in [0.3, 0.4) is 0 Å². The van der Waals surface area contributed by atoms with Gasteiger partial charge in [-0.2, -0.15) is 0 Å². The molecule has 0 amide bonds. The van der Waals surface area contributed by atoms with Crippen LogP contribution in [-0.4, -0.2) is 6.04 Å². The van der Waals surface area contributed by atoms with Crippen molar-refractivity contribution in [3.05, 3.63) is 35.4 Å². The second kappa shape index (κ2) is 5.79. The van der Waals surface area contributed by atoms with E-state index in [-0.39, 0.29) is 18.0 Å². The van der Waals surface area contributed by atoms with Crippen LogP contribution in [0.2, 0.25) is 0 Å². The molecule has 1 aromatic carbocycles. The highest BCUT2D eigenvalue weighted by Crippen LogP contribution is 2.17. The lowest BCUT2D eigenvalue weighted by molar-refractivity contribution is 0.429. The van der Waals surface area contributed by atoms with Gasteiger partial charge in [-0.3, -0.25) is 5.32 Å². The quantitative estimate of drug-likeness (QED) is 0.792. The minimum atomic E-state index is -0.574. The molecule has 0 saturated heterocycles. The number of nitrogens with one attached hydrogen (secondary N) is 1. The lowest BCUT2D eigenvalue weighted by Crippen LogP contribution is -2.34. The van der Waals surface area contributed by atoms with Gasteiger partial charge < -0.3 is 0 Å². The van der Waals surface area contributed by atoms with Gasteiger partial charge in [0.05, 0.1) is 6.04 Å². The summed E-state index contributed by atoms with van der Waals surface area (Å²) in [6.45, 7) is 5.83. The highest BCUT2D eigenvalue weighted by molar-refractivity contribution is 5.21. The van der Waals surface area contributed by atoms with Crippen molar-refractivity contribution >= 4 is 0 Å². The molecular weight excluding hydrogens is 220 g/mol. The number of benzene rings is 1. The maximum atomic E-state index is 13.1.